The van der Waals surface area contributed by atoms with Crippen LogP contribution in [0.4, 0.5) is 0 Å². The Morgan fingerprint density at radius 1 is 1.33 bits per heavy atom. The molecule has 1 amide bonds. The molecular formula is C16H21N3O2. The van der Waals surface area contributed by atoms with Gasteiger partial charge in [0.05, 0.1) is 0 Å². The second kappa shape index (κ2) is 7.59. The van der Waals surface area contributed by atoms with Crippen LogP contribution in [0.2, 0.25) is 0 Å². The maximum Gasteiger partial charge on any atom is 0.244 e. The zero-order chi connectivity index (χ0) is 15.1. The number of aromatic nitrogens is 1. The Hall–Kier alpha value is -2.14. The highest BCUT2D eigenvalue weighted by Crippen LogP contribution is 2.15. The third-order valence-corrected chi connectivity index (χ3v) is 3.31. The summed E-state index contributed by atoms with van der Waals surface area (Å²) in [7, 11) is 0. The number of para-hydroxylation sites is 2. The number of hydrogen-bond acceptors (Lipinski definition) is 4. The number of carbonyl (C=O) groups is 1. The molecule has 0 fully saturated rings. The predicted octanol–water partition coefficient (Wildman–Crippen LogP) is 2.30. The number of nitrogens with zero attached hydrogens (tertiary/aromatic N) is 2. The molecule has 5 heteroatoms. The average Bonchev–Trinajstić information content (AvgIpc) is 2.92. The Balaban J connectivity index is 1.84. The third-order valence-electron chi connectivity index (χ3n) is 3.31. The monoisotopic (exact) mass is 287 g/mol. The quantitative estimate of drug-likeness (QED) is 0.794. The molecule has 0 radical (unpaired) electrons. The van der Waals surface area contributed by atoms with Crippen molar-refractivity contribution in [2.75, 3.05) is 26.2 Å². The summed E-state index contributed by atoms with van der Waals surface area (Å²) in [6, 6.07) is 7.52. The van der Waals surface area contributed by atoms with Crippen LogP contribution in [-0.2, 0) is 4.79 Å². The molecule has 0 bridgehead atoms. The molecule has 1 N–H and O–H groups in total. The lowest BCUT2D eigenvalue weighted by atomic mass is 10.3. The molecule has 1 aromatic heterocycles. The Morgan fingerprint density at radius 3 is 2.81 bits per heavy atom. The van der Waals surface area contributed by atoms with E-state index in [1.54, 1.807) is 6.08 Å². The number of rotatable bonds is 7. The minimum atomic E-state index is -0.135. The lowest BCUT2D eigenvalue weighted by Gasteiger charge is -2.17. The van der Waals surface area contributed by atoms with E-state index in [2.05, 4.69) is 29.0 Å². The molecule has 0 spiro atoms. The van der Waals surface area contributed by atoms with E-state index in [9.17, 15) is 4.79 Å². The SMILES string of the molecule is CCN(CC)CCNC(=O)/C=C/c1nc2ccccc2o1. The molecule has 1 aromatic carbocycles. The summed E-state index contributed by atoms with van der Waals surface area (Å²) >= 11 is 0. The van der Waals surface area contributed by atoms with Crippen molar-refractivity contribution in [1.29, 1.82) is 0 Å². The molecule has 2 aromatic rings. The van der Waals surface area contributed by atoms with E-state index in [-0.39, 0.29) is 5.91 Å². The van der Waals surface area contributed by atoms with E-state index in [4.69, 9.17) is 4.42 Å². The topological polar surface area (TPSA) is 58.4 Å². The summed E-state index contributed by atoms with van der Waals surface area (Å²) in [5.74, 6) is 0.305. The van der Waals surface area contributed by atoms with E-state index in [1.807, 2.05) is 24.3 Å². The summed E-state index contributed by atoms with van der Waals surface area (Å²) in [4.78, 5) is 18.2. The van der Waals surface area contributed by atoms with Gasteiger partial charge in [-0.2, -0.15) is 0 Å². The van der Waals surface area contributed by atoms with Crippen molar-refractivity contribution in [2.24, 2.45) is 0 Å². The van der Waals surface area contributed by atoms with Gasteiger partial charge in [0.25, 0.3) is 0 Å². The molecule has 5 nitrogen and oxygen atoms in total. The molecule has 0 aliphatic carbocycles. The van der Waals surface area contributed by atoms with Crippen LogP contribution >= 0.6 is 0 Å². The molecule has 0 aliphatic rings. The smallest absolute Gasteiger partial charge is 0.244 e. The van der Waals surface area contributed by atoms with Gasteiger partial charge in [-0.1, -0.05) is 26.0 Å². The van der Waals surface area contributed by atoms with Gasteiger partial charge in [0, 0.05) is 25.2 Å². The first kappa shape index (κ1) is 15.3. The third kappa shape index (κ3) is 4.43. The molecule has 0 saturated carbocycles. The molecule has 2 rings (SSSR count). The highest BCUT2D eigenvalue weighted by atomic mass is 16.3. The number of nitrogens with one attached hydrogen (secondary N) is 1. The van der Waals surface area contributed by atoms with Crippen molar-refractivity contribution in [1.82, 2.24) is 15.2 Å². The maximum atomic E-state index is 11.7. The van der Waals surface area contributed by atoms with Crippen molar-refractivity contribution in [2.45, 2.75) is 13.8 Å². The fourth-order valence-corrected chi connectivity index (χ4v) is 2.04. The van der Waals surface area contributed by atoms with Gasteiger partial charge >= 0.3 is 0 Å². The average molecular weight is 287 g/mol. The summed E-state index contributed by atoms with van der Waals surface area (Å²) in [6.45, 7) is 7.70. The molecule has 0 saturated heterocycles. The number of likely N-dealkylation sites (N-methyl/N-ethyl adjacent to an activating group) is 1. The van der Waals surface area contributed by atoms with Gasteiger partial charge in [0.1, 0.15) is 5.52 Å². The van der Waals surface area contributed by atoms with E-state index in [0.29, 0.717) is 12.4 Å². The standard InChI is InChI=1S/C16H21N3O2/c1-3-19(4-2)12-11-17-15(20)9-10-16-18-13-7-5-6-8-14(13)21-16/h5-10H,3-4,11-12H2,1-2H3,(H,17,20)/b10-9+. The van der Waals surface area contributed by atoms with Crippen LogP contribution in [0.25, 0.3) is 17.2 Å². The van der Waals surface area contributed by atoms with Gasteiger partial charge in [0.15, 0.2) is 5.58 Å². The number of amides is 1. The van der Waals surface area contributed by atoms with Crippen LogP contribution in [0.15, 0.2) is 34.8 Å². The summed E-state index contributed by atoms with van der Waals surface area (Å²) in [5.41, 5.74) is 1.51. The Bertz CT molecular complexity index is 582. The van der Waals surface area contributed by atoms with Gasteiger partial charge in [-0.05, 0) is 25.2 Å². The van der Waals surface area contributed by atoms with E-state index in [0.717, 1.165) is 30.7 Å². The van der Waals surface area contributed by atoms with Gasteiger partial charge in [-0.15, -0.1) is 0 Å². The van der Waals surface area contributed by atoms with Crippen LogP contribution in [0, 0.1) is 0 Å². The summed E-state index contributed by atoms with van der Waals surface area (Å²) < 4.78 is 5.51. The number of oxazole rings is 1. The second-order valence-electron chi connectivity index (χ2n) is 4.67. The summed E-state index contributed by atoms with van der Waals surface area (Å²) in [5, 5.41) is 2.85. The Morgan fingerprint density at radius 2 is 2.10 bits per heavy atom. The van der Waals surface area contributed by atoms with Gasteiger partial charge < -0.3 is 14.6 Å². The first-order valence-electron chi connectivity index (χ1n) is 7.26. The molecule has 21 heavy (non-hydrogen) atoms. The first-order chi connectivity index (χ1) is 10.2. The predicted molar refractivity (Wildman–Crippen MR) is 83.8 cm³/mol. The lowest BCUT2D eigenvalue weighted by Crippen LogP contribution is -2.34. The lowest BCUT2D eigenvalue weighted by molar-refractivity contribution is -0.116. The molecule has 0 atom stereocenters. The fraction of sp³-hybridized carbons (Fsp3) is 0.375. The molecule has 0 unspecified atom stereocenters. The number of hydrogen-bond donors (Lipinski definition) is 1. The Kier molecular flexibility index (Phi) is 5.51. The second-order valence-corrected chi connectivity index (χ2v) is 4.67. The highest BCUT2D eigenvalue weighted by molar-refractivity contribution is 5.91. The number of carbonyl (C=O) groups excluding carboxylic acids is 1. The van der Waals surface area contributed by atoms with Gasteiger partial charge in [-0.3, -0.25) is 4.79 Å². The highest BCUT2D eigenvalue weighted by Gasteiger charge is 2.03. The minimum absolute atomic E-state index is 0.135. The number of fused-ring (bicyclic) bond motifs is 1. The molecule has 1 heterocycles. The molecule has 0 aliphatic heterocycles. The van der Waals surface area contributed by atoms with E-state index >= 15 is 0 Å². The van der Waals surface area contributed by atoms with Crippen molar-refractivity contribution in [3.05, 3.63) is 36.2 Å². The van der Waals surface area contributed by atoms with Crippen LogP contribution < -0.4 is 5.32 Å². The van der Waals surface area contributed by atoms with Crippen LogP contribution in [0.5, 0.6) is 0 Å². The minimum Gasteiger partial charge on any atom is -0.437 e. The molecule has 112 valence electrons. The largest absolute Gasteiger partial charge is 0.437 e. The number of benzene rings is 1. The summed E-state index contributed by atoms with van der Waals surface area (Å²) in [6.07, 6.45) is 3.04. The van der Waals surface area contributed by atoms with Gasteiger partial charge in [0.2, 0.25) is 11.8 Å². The zero-order valence-corrected chi connectivity index (χ0v) is 12.5. The van der Waals surface area contributed by atoms with E-state index < -0.39 is 0 Å². The van der Waals surface area contributed by atoms with Gasteiger partial charge in [-0.25, -0.2) is 4.98 Å². The van der Waals surface area contributed by atoms with E-state index in [1.165, 1.54) is 6.08 Å². The normalized spacial score (nSPS) is 11.6. The molecular weight excluding hydrogens is 266 g/mol. The van der Waals surface area contributed by atoms with Crippen molar-refractivity contribution in [3.8, 4) is 0 Å². The van der Waals surface area contributed by atoms with Crippen molar-refractivity contribution >= 4 is 23.1 Å². The van der Waals surface area contributed by atoms with Crippen molar-refractivity contribution in [3.63, 3.8) is 0 Å². The first-order valence-corrected chi connectivity index (χ1v) is 7.26. The fourth-order valence-electron chi connectivity index (χ4n) is 2.04. The zero-order valence-electron chi connectivity index (χ0n) is 12.5. The van der Waals surface area contributed by atoms with Crippen LogP contribution in [-0.4, -0.2) is 42.0 Å². The van der Waals surface area contributed by atoms with Crippen molar-refractivity contribution < 1.29 is 9.21 Å². The van der Waals surface area contributed by atoms with Crippen LogP contribution in [0.3, 0.4) is 0 Å². The van der Waals surface area contributed by atoms with Crippen LogP contribution in [0.1, 0.15) is 19.7 Å². The Labute approximate surface area is 124 Å². The maximum absolute atomic E-state index is 11.7.